The van der Waals surface area contributed by atoms with E-state index in [9.17, 15) is 39.6 Å². The van der Waals surface area contributed by atoms with Crippen LogP contribution in [0.5, 0.6) is 0 Å². The van der Waals surface area contributed by atoms with Crippen LogP contribution in [0.1, 0.15) is 31.2 Å². The molecule has 0 aromatic heterocycles. The average molecular weight is 581 g/mol. The Hall–Kier alpha value is -3.22. The lowest BCUT2D eigenvalue weighted by molar-refractivity contribution is -0.146. The van der Waals surface area contributed by atoms with Crippen LogP contribution < -0.4 is 0 Å². The van der Waals surface area contributed by atoms with Crippen LogP contribution in [0.15, 0.2) is 29.2 Å². The highest BCUT2D eigenvalue weighted by molar-refractivity contribution is 8.03. The Morgan fingerprint density at radius 1 is 0.900 bits per heavy atom. The normalized spacial score (nSPS) is 18.0. The highest BCUT2D eigenvalue weighted by Crippen LogP contribution is 2.29. The summed E-state index contributed by atoms with van der Waals surface area (Å²) in [5, 5.41) is 49.2. The van der Waals surface area contributed by atoms with Crippen LogP contribution in [-0.2, 0) is 30.3 Å². The van der Waals surface area contributed by atoms with E-state index in [2.05, 4.69) is 0 Å². The van der Waals surface area contributed by atoms with Crippen molar-refractivity contribution in [1.82, 2.24) is 14.7 Å². The molecule has 0 bridgehead atoms. The number of thioether (sulfide) groups is 1. The second-order valence-corrected chi connectivity index (χ2v) is 10.5. The summed E-state index contributed by atoms with van der Waals surface area (Å²) in [6.45, 7) is -1.66. The molecule has 1 aliphatic carbocycles. The molecular formula is C26H36N4O9S. The molecule has 220 valence electrons. The van der Waals surface area contributed by atoms with Crippen LogP contribution in [0, 0.1) is 10.7 Å². The third-order valence-corrected chi connectivity index (χ3v) is 7.40. The Bertz CT molecular complexity index is 1030. The minimum Gasteiger partial charge on any atom is -0.480 e. The first-order valence-corrected chi connectivity index (χ1v) is 13.6. The first kappa shape index (κ1) is 33.0. The Kier molecular flexibility index (Phi) is 13.8. The molecule has 3 atom stereocenters. The van der Waals surface area contributed by atoms with Gasteiger partial charge in [-0.15, -0.1) is 0 Å². The van der Waals surface area contributed by atoms with Crippen LogP contribution in [0.4, 0.5) is 0 Å². The van der Waals surface area contributed by atoms with Crippen LogP contribution in [0.25, 0.3) is 0 Å². The lowest BCUT2D eigenvalue weighted by Gasteiger charge is -2.45. The molecule has 14 heteroatoms. The molecule has 1 saturated carbocycles. The van der Waals surface area contributed by atoms with Crippen molar-refractivity contribution in [2.24, 2.45) is 0 Å². The average Bonchev–Trinajstić information content (AvgIpc) is 2.87. The van der Waals surface area contributed by atoms with Crippen molar-refractivity contribution in [2.75, 3.05) is 46.6 Å². The molecule has 1 aromatic carbocycles. The molecule has 0 heterocycles. The number of rotatable bonds is 18. The standard InChI is InChI=1S/C26H36N4O9S/c1-39-17-30(15-26(37)38)19(10-18-6-8-20(9-7-18)40-16-27)11-28(12-23(31)32)21-4-2-3-5-22(21)29(13-24(33)34)14-25(35)36/h6-9,19,21-22H,2-5,10-15,17H2,1H3,(H,31,32)(H,33,34)(H,35,36)(H,37,38)/t19-,21?,22+/m1/s1. The van der Waals surface area contributed by atoms with E-state index >= 15 is 0 Å². The van der Waals surface area contributed by atoms with E-state index in [4.69, 9.17) is 10.00 Å². The van der Waals surface area contributed by atoms with Crippen LogP contribution >= 0.6 is 11.8 Å². The summed E-state index contributed by atoms with van der Waals surface area (Å²) in [7, 11) is 1.43. The quantitative estimate of drug-likeness (QED) is 0.110. The zero-order valence-corrected chi connectivity index (χ0v) is 23.2. The van der Waals surface area contributed by atoms with Gasteiger partial charge in [-0.25, -0.2) is 0 Å². The molecule has 1 unspecified atom stereocenters. The Morgan fingerprint density at radius 3 is 1.88 bits per heavy atom. The molecule has 4 N–H and O–H groups in total. The van der Waals surface area contributed by atoms with Crippen molar-refractivity contribution >= 4 is 35.6 Å². The van der Waals surface area contributed by atoms with Crippen molar-refractivity contribution in [3.63, 3.8) is 0 Å². The van der Waals surface area contributed by atoms with Gasteiger partial charge in [-0.1, -0.05) is 25.0 Å². The summed E-state index contributed by atoms with van der Waals surface area (Å²) in [4.78, 5) is 52.2. The first-order chi connectivity index (χ1) is 19.0. The second kappa shape index (κ2) is 16.8. The molecule has 0 radical (unpaired) electrons. The summed E-state index contributed by atoms with van der Waals surface area (Å²) in [6, 6.07) is 5.71. The molecule has 1 fully saturated rings. The predicted octanol–water partition coefficient (Wildman–Crippen LogP) is 1.33. The summed E-state index contributed by atoms with van der Waals surface area (Å²) in [6.07, 6.45) is 2.87. The molecule has 1 aromatic rings. The van der Waals surface area contributed by atoms with Gasteiger partial charge in [0, 0.05) is 36.7 Å². The maximum Gasteiger partial charge on any atom is 0.317 e. The van der Waals surface area contributed by atoms with Crippen molar-refractivity contribution in [3.05, 3.63) is 29.8 Å². The van der Waals surface area contributed by atoms with Gasteiger partial charge in [-0.3, -0.25) is 33.9 Å². The van der Waals surface area contributed by atoms with E-state index < -0.39 is 61.6 Å². The van der Waals surface area contributed by atoms with Crippen molar-refractivity contribution in [3.8, 4) is 5.40 Å². The number of benzene rings is 1. The number of nitrogens with zero attached hydrogens (tertiary/aromatic N) is 4. The van der Waals surface area contributed by atoms with Crippen molar-refractivity contribution in [2.45, 2.75) is 55.1 Å². The zero-order chi connectivity index (χ0) is 29.7. The largest absolute Gasteiger partial charge is 0.480 e. The van der Waals surface area contributed by atoms with Gasteiger partial charge in [0.25, 0.3) is 0 Å². The summed E-state index contributed by atoms with van der Waals surface area (Å²) >= 11 is 1.01. The number of aliphatic carboxylic acids is 4. The van der Waals surface area contributed by atoms with E-state index in [0.717, 1.165) is 35.1 Å². The van der Waals surface area contributed by atoms with E-state index in [-0.39, 0.29) is 19.8 Å². The van der Waals surface area contributed by atoms with Crippen molar-refractivity contribution in [1.29, 1.82) is 5.26 Å². The van der Waals surface area contributed by atoms with Crippen LogP contribution in [0.2, 0.25) is 0 Å². The molecule has 2 rings (SSSR count). The Morgan fingerprint density at radius 2 is 1.40 bits per heavy atom. The van der Waals surface area contributed by atoms with Gasteiger partial charge in [0.2, 0.25) is 0 Å². The molecule has 13 nitrogen and oxygen atoms in total. The Labute approximate surface area is 236 Å². The minimum atomic E-state index is -1.18. The van der Waals surface area contributed by atoms with Crippen LogP contribution in [-0.4, -0.2) is 124 Å². The zero-order valence-electron chi connectivity index (χ0n) is 22.3. The first-order valence-electron chi connectivity index (χ1n) is 12.8. The smallest absolute Gasteiger partial charge is 0.317 e. The van der Waals surface area contributed by atoms with Gasteiger partial charge in [-0.2, -0.15) is 5.26 Å². The number of hydrogen-bond donors (Lipinski definition) is 4. The molecule has 0 spiro atoms. The summed E-state index contributed by atoms with van der Waals surface area (Å²) in [5.74, 6) is -4.56. The highest BCUT2D eigenvalue weighted by atomic mass is 32.2. The van der Waals surface area contributed by atoms with E-state index in [1.54, 1.807) is 21.9 Å². The fraction of sp³-hybridized carbons (Fsp3) is 0.577. The number of thiocyanates is 1. The molecule has 1 aliphatic rings. The van der Waals surface area contributed by atoms with Gasteiger partial charge in [0.1, 0.15) is 5.40 Å². The number of carboxylic acids is 4. The number of carbonyl (C=O) groups is 4. The molecule has 0 amide bonds. The van der Waals surface area contributed by atoms with Gasteiger partial charge < -0.3 is 25.2 Å². The molecule has 0 saturated heterocycles. The monoisotopic (exact) mass is 580 g/mol. The van der Waals surface area contributed by atoms with Gasteiger partial charge >= 0.3 is 23.9 Å². The third kappa shape index (κ3) is 11.1. The maximum atomic E-state index is 12.0. The topological polar surface area (TPSA) is 192 Å². The van der Waals surface area contributed by atoms with E-state index in [1.165, 1.54) is 12.0 Å². The number of nitriles is 1. The summed E-state index contributed by atoms with van der Waals surface area (Å²) in [5.41, 5.74) is 0.840. The highest BCUT2D eigenvalue weighted by Gasteiger charge is 2.38. The van der Waals surface area contributed by atoms with Crippen LogP contribution in [0.3, 0.4) is 0 Å². The van der Waals surface area contributed by atoms with Gasteiger partial charge in [-0.05, 0) is 48.7 Å². The fourth-order valence-corrected chi connectivity index (χ4v) is 5.67. The minimum absolute atomic E-state index is 0.0293. The molecule has 0 aliphatic heterocycles. The maximum absolute atomic E-state index is 12.0. The lowest BCUT2D eigenvalue weighted by atomic mass is 9.87. The molecule has 40 heavy (non-hydrogen) atoms. The molecular weight excluding hydrogens is 544 g/mol. The second-order valence-electron chi connectivity index (χ2n) is 9.69. The number of hydrogen-bond acceptors (Lipinski definition) is 10. The van der Waals surface area contributed by atoms with Crippen molar-refractivity contribution < 1.29 is 44.3 Å². The predicted molar refractivity (Wildman–Crippen MR) is 144 cm³/mol. The number of carboxylic acid groups (broad SMARTS) is 4. The lowest BCUT2D eigenvalue weighted by Crippen LogP contribution is -2.59. The fourth-order valence-electron chi connectivity index (χ4n) is 5.29. The number of methoxy groups -OCH3 is 1. The van der Waals surface area contributed by atoms with Gasteiger partial charge in [0.15, 0.2) is 0 Å². The summed E-state index contributed by atoms with van der Waals surface area (Å²) < 4.78 is 5.28. The third-order valence-electron chi connectivity index (χ3n) is 6.80. The SMILES string of the molecule is COCN(CC(=O)O)[C@H](Cc1ccc(SC#N)cc1)CN(CC(=O)O)C1CCCC[C@@H]1N(CC(=O)O)CC(=O)O. The van der Waals surface area contributed by atoms with Gasteiger partial charge in [0.05, 0.1) is 32.9 Å². The number of ether oxygens (including phenoxy) is 1. The van der Waals surface area contributed by atoms with E-state index in [1.807, 2.05) is 17.5 Å². The van der Waals surface area contributed by atoms with E-state index in [0.29, 0.717) is 19.3 Å². The Balaban J connectivity index is 2.45.